The highest BCUT2D eigenvalue weighted by molar-refractivity contribution is 7.87. The SMILES string of the molecule is COC(=O)NS(=O)(=O)N(C)CCCN. The van der Waals surface area contributed by atoms with Crippen molar-refractivity contribution >= 4 is 16.3 Å². The van der Waals surface area contributed by atoms with Crippen LogP contribution >= 0.6 is 0 Å². The van der Waals surface area contributed by atoms with Crippen LogP contribution in [0.1, 0.15) is 6.42 Å². The van der Waals surface area contributed by atoms with Crippen LogP contribution in [0.5, 0.6) is 0 Å². The molecule has 0 spiro atoms. The van der Waals surface area contributed by atoms with E-state index in [1.54, 1.807) is 4.72 Å². The quantitative estimate of drug-likeness (QED) is 0.616. The Bertz CT molecular complexity index is 277. The summed E-state index contributed by atoms with van der Waals surface area (Å²) in [5, 5.41) is 0. The molecule has 0 saturated carbocycles. The standard InChI is InChI=1S/C6H15N3O4S/c1-9(5-3-4-7)14(11,12)8-6(10)13-2/h3-5,7H2,1-2H3,(H,8,10). The summed E-state index contributed by atoms with van der Waals surface area (Å²) in [6.07, 6.45) is -0.483. The van der Waals surface area contributed by atoms with E-state index in [2.05, 4.69) is 4.74 Å². The zero-order valence-corrected chi connectivity index (χ0v) is 9.00. The lowest BCUT2D eigenvalue weighted by Crippen LogP contribution is -2.42. The van der Waals surface area contributed by atoms with Gasteiger partial charge in [0.05, 0.1) is 7.11 Å². The lowest BCUT2D eigenvalue weighted by molar-refractivity contribution is 0.177. The van der Waals surface area contributed by atoms with Gasteiger partial charge in [0.2, 0.25) is 0 Å². The summed E-state index contributed by atoms with van der Waals surface area (Å²) in [6.45, 7) is 0.640. The molecular weight excluding hydrogens is 210 g/mol. The number of hydrogen-bond donors (Lipinski definition) is 2. The lowest BCUT2D eigenvalue weighted by atomic mass is 10.4. The first-order valence-corrected chi connectivity index (χ1v) is 5.40. The van der Waals surface area contributed by atoms with E-state index in [-0.39, 0.29) is 6.54 Å². The molecule has 8 heteroatoms. The molecule has 0 aliphatic rings. The number of nitrogens with zero attached hydrogens (tertiary/aromatic N) is 1. The third-order valence-electron chi connectivity index (χ3n) is 1.49. The van der Waals surface area contributed by atoms with E-state index in [1.807, 2.05) is 0 Å². The Kier molecular flexibility index (Phi) is 5.43. The molecule has 7 nitrogen and oxygen atoms in total. The molecule has 0 aromatic heterocycles. The second kappa shape index (κ2) is 5.78. The molecule has 14 heavy (non-hydrogen) atoms. The van der Waals surface area contributed by atoms with Gasteiger partial charge in [0.25, 0.3) is 0 Å². The molecule has 0 heterocycles. The number of methoxy groups -OCH3 is 1. The monoisotopic (exact) mass is 225 g/mol. The first-order chi connectivity index (χ1) is 6.44. The molecule has 0 bridgehead atoms. The van der Waals surface area contributed by atoms with Crippen LogP contribution in [0.25, 0.3) is 0 Å². The fourth-order valence-corrected chi connectivity index (χ4v) is 1.48. The van der Waals surface area contributed by atoms with Crippen LogP contribution < -0.4 is 10.5 Å². The molecule has 3 N–H and O–H groups in total. The number of nitrogens with one attached hydrogen (secondary N) is 1. The molecule has 0 fully saturated rings. The first-order valence-electron chi connectivity index (χ1n) is 3.96. The molecule has 0 aromatic rings. The van der Waals surface area contributed by atoms with Gasteiger partial charge in [-0.1, -0.05) is 0 Å². The number of ether oxygens (including phenoxy) is 1. The number of nitrogens with two attached hydrogens (primary N) is 1. The number of hydrogen-bond acceptors (Lipinski definition) is 5. The summed E-state index contributed by atoms with van der Waals surface area (Å²) in [7, 11) is -1.35. The molecule has 0 saturated heterocycles. The molecular formula is C6H15N3O4S. The van der Waals surface area contributed by atoms with Crippen molar-refractivity contribution in [2.24, 2.45) is 5.73 Å². The lowest BCUT2D eigenvalue weighted by Gasteiger charge is -2.16. The van der Waals surface area contributed by atoms with Crippen molar-refractivity contribution in [1.29, 1.82) is 0 Å². The number of rotatable bonds is 5. The van der Waals surface area contributed by atoms with Gasteiger partial charge in [-0.15, -0.1) is 0 Å². The maximum absolute atomic E-state index is 11.3. The van der Waals surface area contributed by atoms with E-state index < -0.39 is 16.3 Å². The maximum atomic E-state index is 11.3. The van der Waals surface area contributed by atoms with Crippen LogP contribution in [0, 0.1) is 0 Å². The number of amides is 1. The molecule has 1 amide bonds. The summed E-state index contributed by atoms with van der Waals surface area (Å²) in [4.78, 5) is 10.6. The third kappa shape index (κ3) is 4.40. The van der Waals surface area contributed by atoms with E-state index >= 15 is 0 Å². The van der Waals surface area contributed by atoms with Crippen molar-refractivity contribution in [2.75, 3.05) is 27.2 Å². The highest BCUT2D eigenvalue weighted by atomic mass is 32.2. The highest BCUT2D eigenvalue weighted by Crippen LogP contribution is 1.95. The van der Waals surface area contributed by atoms with Gasteiger partial charge in [-0.2, -0.15) is 12.7 Å². The normalized spacial score (nSPS) is 11.4. The summed E-state index contributed by atoms with van der Waals surface area (Å²) in [6, 6.07) is 0. The van der Waals surface area contributed by atoms with E-state index in [9.17, 15) is 13.2 Å². The Balaban J connectivity index is 4.24. The molecule has 0 rings (SSSR count). The fourth-order valence-electron chi connectivity index (χ4n) is 0.659. The maximum Gasteiger partial charge on any atom is 0.421 e. The Morgan fingerprint density at radius 3 is 2.57 bits per heavy atom. The Morgan fingerprint density at radius 1 is 1.57 bits per heavy atom. The Labute approximate surface area is 83.4 Å². The van der Waals surface area contributed by atoms with Crippen molar-refractivity contribution in [3.05, 3.63) is 0 Å². The van der Waals surface area contributed by atoms with Crippen molar-refractivity contribution in [3.8, 4) is 0 Å². The van der Waals surface area contributed by atoms with Gasteiger partial charge in [0, 0.05) is 13.6 Å². The van der Waals surface area contributed by atoms with E-state index in [0.717, 1.165) is 11.4 Å². The van der Waals surface area contributed by atoms with Gasteiger partial charge in [0.1, 0.15) is 0 Å². The van der Waals surface area contributed by atoms with Crippen molar-refractivity contribution in [2.45, 2.75) is 6.42 Å². The third-order valence-corrected chi connectivity index (χ3v) is 2.91. The van der Waals surface area contributed by atoms with Gasteiger partial charge in [-0.3, -0.25) is 0 Å². The van der Waals surface area contributed by atoms with Crippen LogP contribution in [0.4, 0.5) is 4.79 Å². The molecule has 0 aromatic carbocycles. The summed E-state index contributed by atoms with van der Waals surface area (Å²) < 4.78 is 29.4. The Hall–Kier alpha value is -0.860. The minimum absolute atomic E-state index is 0.253. The number of carbonyl (C=O) groups is 1. The van der Waals surface area contributed by atoms with Gasteiger partial charge in [-0.25, -0.2) is 9.52 Å². The second-order valence-electron chi connectivity index (χ2n) is 2.56. The van der Waals surface area contributed by atoms with Crippen LogP contribution in [-0.4, -0.2) is 46.1 Å². The van der Waals surface area contributed by atoms with Crippen molar-refractivity contribution < 1.29 is 17.9 Å². The van der Waals surface area contributed by atoms with Crippen LogP contribution in [0.2, 0.25) is 0 Å². The molecule has 0 aliphatic heterocycles. The first kappa shape index (κ1) is 13.1. The van der Waals surface area contributed by atoms with E-state index in [4.69, 9.17) is 5.73 Å². The topological polar surface area (TPSA) is 102 Å². The fraction of sp³-hybridized carbons (Fsp3) is 0.833. The summed E-state index contributed by atoms with van der Waals surface area (Å²) in [5.74, 6) is 0. The molecule has 0 atom stereocenters. The van der Waals surface area contributed by atoms with Crippen molar-refractivity contribution in [3.63, 3.8) is 0 Å². The average Bonchev–Trinajstić information content (AvgIpc) is 2.13. The van der Waals surface area contributed by atoms with Gasteiger partial charge in [-0.05, 0) is 13.0 Å². The minimum Gasteiger partial charge on any atom is -0.452 e. The second-order valence-corrected chi connectivity index (χ2v) is 4.34. The highest BCUT2D eigenvalue weighted by Gasteiger charge is 2.19. The van der Waals surface area contributed by atoms with Crippen molar-refractivity contribution in [1.82, 2.24) is 9.03 Å². The number of carbonyl (C=O) groups excluding carboxylic acids is 1. The molecule has 84 valence electrons. The molecule has 0 radical (unpaired) electrons. The smallest absolute Gasteiger partial charge is 0.421 e. The van der Waals surface area contributed by atoms with Gasteiger partial charge in [0.15, 0.2) is 0 Å². The molecule has 0 unspecified atom stereocenters. The van der Waals surface area contributed by atoms with Crippen LogP contribution in [-0.2, 0) is 14.9 Å². The zero-order chi connectivity index (χ0) is 11.2. The van der Waals surface area contributed by atoms with Gasteiger partial charge >= 0.3 is 16.3 Å². The molecule has 0 aliphatic carbocycles. The predicted molar refractivity (Wildman–Crippen MR) is 50.8 cm³/mol. The average molecular weight is 225 g/mol. The summed E-state index contributed by atoms with van der Waals surface area (Å²) >= 11 is 0. The van der Waals surface area contributed by atoms with E-state index in [0.29, 0.717) is 13.0 Å². The van der Waals surface area contributed by atoms with Crippen LogP contribution in [0.15, 0.2) is 0 Å². The van der Waals surface area contributed by atoms with Gasteiger partial charge < -0.3 is 10.5 Å². The largest absolute Gasteiger partial charge is 0.452 e. The van der Waals surface area contributed by atoms with E-state index in [1.165, 1.54) is 7.05 Å². The minimum atomic E-state index is -3.79. The Morgan fingerprint density at radius 2 is 2.14 bits per heavy atom. The summed E-state index contributed by atoms with van der Waals surface area (Å²) in [5.41, 5.74) is 5.21. The zero-order valence-electron chi connectivity index (χ0n) is 8.19. The predicted octanol–water partition coefficient (Wildman–Crippen LogP) is -1.13. The van der Waals surface area contributed by atoms with Crippen LogP contribution in [0.3, 0.4) is 0 Å².